The summed E-state index contributed by atoms with van der Waals surface area (Å²) in [6.07, 6.45) is 4.54. The van der Waals surface area contributed by atoms with Crippen molar-refractivity contribution in [3.05, 3.63) is 65.8 Å². The second kappa shape index (κ2) is 6.49. The Morgan fingerprint density at radius 3 is 2.52 bits per heavy atom. The van der Waals surface area contributed by atoms with Crippen molar-refractivity contribution in [2.75, 3.05) is 0 Å². The zero-order chi connectivity index (χ0) is 16.3. The van der Waals surface area contributed by atoms with E-state index in [1.54, 1.807) is 12.1 Å². The zero-order valence-corrected chi connectivity index (χ0v) is 13.4. The van der Waals surface area contributed by atoms with Crippen molar-refractivity contribution in [1.29, 1.82) is 0 Å². The smallest absolute Gasteiger partial charge is 0.240 e. The van der Waals surface area contributed by atoms with Gasteiger partial charge in [0.15, 0.2) is 5.76 Å². The molecule has 0 saturated carbocycles. The second-order valence-electron chi connectivity index (χ2n) is 4.61. The Morgan fingerprint density at radius 2 is 1.83 bits per heavy atom. The van der Waals surface area contributed by atoms with Crippen molar-refractivity contribution >= 4 is 21.6 Å². The van der Waals surface area contributed by atoms with Crippen LogP contribution in [0.25, 0.3) is 11.5 Å². The molecule has 0 saturated heterocycles. The van der Waals surface area contributed by atoms with Crippen LogP contribution in [0.4, 0.5) is 0 Å². The van der Waals surface area contributed by atoms with E-state index in [1.165, 1.54) is 42.9 Å². The third-order valence-electron chi connectivity index (χ3n) is 3.08. The molecule has 6 nitrogen and oxygen atoms in total. The summed E-state index contributed by atoms with van der Waals surface area (Å²) < 4.78 is 32.4. The van der Waals surface area contributed by atoms with E-state index >= 15 is 0 Å². The summed E-state index contributed by atoms with van der Waals surface area (Å²) in [5.74, 6) is 0.527. The fourth-order valence-electron chi connectivity index (χ4n) is 1.98. The molecule has 0 fully saturated rings. The Kier molecular flexibility index (Phi) is 4.42. The van der Waals surface area contributed by atoms with Crippen LogP contribution in [0.2, 0.25) is 5.02 Å². The number of aromatic nitrogens is 2. The Bertz CT molecular complexity index is 894. The van der Waals surface area contributed by atoms with Crippen molar-refractivity contribution < 1.29 is 12.8 Å². The number of furan rings is 1. The quantitative estimate of drug-likeness (QED) is 0.765. The first-order valence-corrected chi connectivity index (χ1v) is 8.51. The van der Waals surface area contributed by atoms with Crippen LogP contribution < -0.4 is 4.72 Å². The van der Waals surface area contributed by atoms with Gasteiger partial charge in [-0.25, -0.2) is 18.1 Å². The van der Waals surface area contributed by atoms with Gasteiger partial charge in [0.2, 0.25) is 10.0 Å². The van der Waals surface area contributed by atoms with Gasteiger partial charge in [0.1, 0.15) is 5.69 Å². The summed E-state index contributed by atoms with van der Waals surface area (Å²) in [7, 11) is -3.67. The third kappa shape index (κ3) is 3.58. The van der Waals surface area contributed by atoms with Gasteiger partial charge in [0, 0.05) is 17.4 Å². The van der Waals surface area contributed by atoms with Crippen molar-refractivity contribution in [3.63, 3.8) is 0 Å². The van der Waals surface area contributed by atoms with E-state index in [0.29, 0.717) is 22.2 Å². The third-order valence-corrected chi connectivity index (χ3v) is 4.75. The SMILES string of the molecule is O=S(=O)(NCc1nccnc1-c1ccco1)c1ccc(Cl)cc1. The number of hydrogen-bond donors (Lipinski definition) is 1. The van der Waals surface area contributed by atoms with Crippen LogP contribution in [0, 0.1) is 0 Å². The highest BCUT2D eigenvalue weighted by atomic mass is 35.5. The van der Waals surface area contributed by atoms with Crippen molar-refractivity contribution in [1.82, 2.24) is 14.7 Å². The molecule has 2 heterocycles. The molecule has 0 unspecified atom stereocenters. The second-order valence-corrected chi connectivity index (χ2v) is 6.81. The van der Waals surface area contributed by atoms with Gasteiger partial charge >= 0.3 is 0 Å². The lowest BCUT2D eigenvalue weighted by atomic mass is 10.2. The minimum atomic E-state index is -3.67. The van der Waals surface area contributed by atoms with Gasteiger partial charge in [-0.05, 0) is 36.4 Å². The van der Waals surface area contributed by atoms with E-state index in [2.05, 4.69) is 14.7 Å². The maximum atomic E-state index is 12.3. The lowest BCUT2D eigenvalue weighted by Crippen LogP contribution is -2.24. The Morgan fingerprint density at radius 1 is 1.09 bits per heavy atom. The highest BCUT2D eigenvalue weighted by molar-refractivity contribution is 7.89. The van der Waals surface area contributed by atoms with Crippen LogP contribution in [0.1, 0.15) is 5.69 Å². The highest BCUT2D eigenvalue weighted by Crippen LogP contribution is 2.20. The first-order valence-electron chi connectivity index (χ1n) is 6.65. The average Bonchev–Trinajstić information content (AvgIpc) is 3.08. The monoisotopic (exact) mass is 349 g/mol. The van der Waals surface area contributed by atoms with E-state index in [1.807, 2.05) is 0 Å². The topological polar surface area (TPSA) is 85.1 Å². The standard InChI is InChI=1S/C15H12ClN3O3S/c16-11-3-5-12(6-4-11)23(20,21)19-10-13-15(18-8-7-17-13)14-2-1-9-22-14/h1-9,19H,10H2. The Balaban J connectivity index is 1.82. The average molecular weight is 350 g/mol. The molecular weight excluding hydrogens is 338 g/mol. The van der Waals surface area contributed by atoms with Gasteiger partial charge < -0.3 is 4.42 Å². The molecule has 0 atom stereocenters. The van der Waals surface area contributed by atoms with Gasteiger partial charge in [-0.1, -0.05) is 11.6 Å². The van der Waals surface area contributed by atoms with E-state index in [4.69, 9.17) is 16.0 Å². The number of rotatable bonds is 5. The molecule has 3 aromatic rings. The number of nitrogens with one attached hydrogen (secondary N) is 1. The van der Waals surface area contributed by atoms with Crippen molar-refractivity contribution in [3.8, 4) is 11.5 Å². The fraction of sp³-hybridized carbons (Fsp3) is 0.0667. The van der Waals surface area contributed by atoms with Crippen LogP contribution in [0.15, 0.2) is 64.4 Å². The molecule has 0 spiro atoms. The minimum Gasteiger partial charge on any atom is -0.463 e. The predicted molar refractivity (Wildman–Crippen MR) is 85.2 cm³/mol. The molecular formula is C15H12ClN3O3S. The van der Waals surface area contributed by atoms with Gasteiger partial charge in [0.25, 0.3) is 0 Å². The van der Waals surface area contributed by atoms with E-state index in [0.717, 1.165) is 0 Å². The van der Waals surface area contributed by atoms with Gasteiger partial charge in [0.05, 0.1) is 23.4 Å². The zero-order valence-electron chi connectivity index (χ0n) is 11.8. The van der Waals surface area contributed by atoms with Crippen LogP contribution in [0.3, 0.4) is 0 Å². The summed E-state index contributed by atoms with van der Waals surface area (Å²) in [6.45, 7) is -0.00513. The summed E-state index contributed by atoms with van der Waals surface area (Å²) in [4.78, 5) is 8.50. The summed E-state index contributed by atoms with van der Waals surface area (Å²) in [6, 6.07) is 9.38. The summed E-state index contributed by atoms with van der Waals surface area (Å²) in [5.41, 5.74) is 0.969. The molecule has 0 aliphatic heterocycles. The Hall–Kier alpha value is -2.22. The number of benzene rings is 1. The molecule has 8 heteroatoms. The van der Waals surface area contributed by atoms with Crippen LogP contribution in [0.5, 0.6) is 0 Å². The first-order chi connectivity index (χ1) is 11.1. The van der Waals surface area contributed by atoms with Crippen LogP contribution >= 0.6 is 11.6 Å². The molecule has 23 heavy (non-hydrogen) atoms. The predicted octanol–water partition coefficient (Wildman–Crippen LogP) is 2.87. The van der Waals surface area contributed by atoms with Crippen molar-refractivity contribution in [2.24, 2.45) is 0 Å². The van der Waals surface area contributed by atoms with Crippen molar-refractivity contribution in [2.45, 2.75) is 11.4 Å². The molecule has 2 aromatic heterocycles. The molecule has 0 aliphatic carbocycles. The molecule has 0 aliphatic rings. The lowest BCUT2D eigenvalue weighted by Gasteiger charge is -2.08. The minimum absolute atomic E-state index is 0.00513. The maximum Gasteiger partial charge on any atom is 0.240 e. The number of nitrogens with zero attached hydrogens (tertiary/aromatic N) is 2. The molecule has 0 amide bonds. The van der Waals surface area contributed by atoms with Crippen LogP contribution in [-0.2, 0) is 16.6 Å². The molecule has 1 aromatic carbocycles. The summed E-state index contributed by atoms with van der Waals surface area (Å²) >= 11 is 5.77. The molecule has 0 bridgehead atoms. The number of hydrogen-bond acceptors (Lipinski definition) is 5. The number of halogens is 1. The summed E-state index contributed by atoms with van der Waals surface area (Å²) in [5, 5.41) is 0.470. The molecule has 118 valence electrons. The van der Waals surface area contributed by atoms with E-state index in [-0.39, 0.29) is 11.4 Å². The van der Waals surface area contributed by atoms with Gasteiger partial charge in [-0.15, -0.1) is 0 Å². The fourth-order valence-corrected chi connectivity index (χ4v) is 3.09. The highest BCUT2D eigenvalue weighted by Gasteiger charge is 2.16. The number of sulfonamides is 1. The Labute approximate surface area is 138 Å². The molecule has 3 rings (SSSR count). The van der Waals surface area contributed by atoms with Gasteiger partial charge in [-0.3, -0.25) is 4.98 Å². The first kappa shape index (κ1) is 15.7. The molecule has 0 radical (unpaired) electrons. The van der Waals surface area contributed by atoms with E-state index < -0.39 is 10.0 Å². The van der Waals surface area contributed by atoms with E-state index in [9.17, 15) is 8.42 Å². The van der Waals surface area contributed by atoms with Crippen LogP contribution in [-0.4, -0.2) is 18.4 Å². The normalized spacial score (nSPS) is 11.5. The molecule has 1 N–H and O–H groups in total. The van der Waals surface area contributed by atoms with Gasteiger partial charge in [-0.2, -0.15) is 0 Å². The lowest BCUT2D eigenvalue weighted by molar-refractivity contribution is 0.573. The largest absolute Gasteiger partial charge is 0.463 e. The maximum absolute atomic E-state index is 12.3.